The van der Waals surface area contributed by atoms with Gasteiger partial charge in [0.25, 0.3) is 0 Å². The third kappa shape index (κ3) is 4.04. The summed E-state index contributed by atoms with van der Waals surface area (Å²) in [5.74, 6) is -0.372. The zero-order valence-electron chi connectivity index (χ0n) is 10.0. The number of rotatable bonds is 2. The molecule has 0 aliphatic heterocycles. The molecule has 1 rings (SSSR count). The van der Waals surface area contributed by atoms with Crippen molar-refractivity contribution in [3.05, 3.63) is 13.2 Å². The molecule has 0 saturated heterocycles. The topological polar surface area (TPSA) is 52.6 Å². The zero-order chi connectivity index (χ0) is 12.6. The maximum atomic E-state index is 11.2. The quantitative estimate of drug-likeness (QED) is 0.535. The Morgan fingerprint density at radius 3 is 1.31 bits per heavy atom. The minimum Gasteiger partial charge on any atom is -0.469 e. The molecule has 0 aromatic rings. The lowest BCUT2D eigenvalue weighted by molar-refractivity contribution is -0.151. The predicted octanol–water partition coefficient (Wildman–Crippen LogP) is 1.94. The maximum Gasteiger partial charge on any atom is 0.308 e. The van der Waals surface area contributed by atoms with Crippen LogP contribution in [0.3, 0.4) is 0 Å². The van der Waals surface area contributed by atoms with Crippen LogP contribution in [0.4, 0.5) is 0 Å². The van der Waals surface area contributed by atoms with E-state index in [9.17, 15) is 9.59 Å². The molecule has 1 fully saturated rings. The second kappa shape index (κ2) is 7.91. The lowest BCUT2D eigenvalue weighted by Gasteiger charge is -2.24. The summed E-state index contributed by atoms with van der Waals surface area (Å²) in [6.45, 7) is 6.00. The first-order chi connectivity index (χ1) is 7.69. The lowest BCUT2D eigenvalue weighted by Crippen LogP contribution is -2.27. The van der Waals surface area contributed by atoms with Gasteiger partial charge in [-0.1, -0.05) is 0 Å². The van der Waals surface area contributed by atoms with E-state index >= 15 is 0 Å². The number of hydrogen-bond donors (Lipinski definition) is 0. The van der Waals surface area contributed by atoms with Gasteiger partial charge < -0.3 is 9.47 Å². The predicted molar refractivity (Wildman–Crippen MR) is 60.7 cm³/mol. The number of carbonyl (C=O) groups is 2. The fourth-order valence-electron chi connectivity index (χ4n) is 1.90. The van der Waals surface area contributed by atoms with E-state index in [2.05, 4.69) is 22.6 Å². The highest BCUT2D eigenvalue weighted by Crippen LogP contribution is 2.30. The van der Waals surface area contributed by atoms with Crippen LogP contribution in [-0.4, -0.2) is 26.2 Å². The third-order valence-electron chi connectivity index (χ3n) is 2.80. The molecule has 4 nitrogen and oxygen atoms in total. The summed E-state index contributed by atoms with van der Waals surface area (Å²) in [6, 6.07) is 0. The molecule has 0 bridgehead atoms. The SMILES string of the molecule is C=C.COC(=O)C1CCC(C(=O)OC)CC1. The standard InChI is InChI=1S/C10H16O4.C2H4/c1-13-9(11)7-3-5-8(6-4-7)10(12)14-2;1-2/h7-8H,3-6H2,1-2H3;1-2H2. The Labute approximate surface area is 96.6 Å². The Kier molecular flexibility index (Phi) is 7.25. The molecule has 4 heteroatoms. The van der Waals surface area contributed by atoms with Crippen molar-refractivity contribution < 1.29 is 19.1 Å². The molecule has 0 aromatic carbocycles. The Bertz CT molecular complexity index is 205. The monoisotopic (exact) mass is 228 g/mol. The molecule has 0 amide bonds. The fourth-order valence-corrected chi connectivity index (χ4v) is 1.90. The van der Waals surface area contributed by atoms with E-state index in [1.165, 1.54) is 14.2 Å². The van der Waals surface area contributed by atoms with Crippen LogP contribution in [0, 0.1) is 11.8 Å². The van der Waals surface area contributed by atoms with Gasteiger partial charge in [-0.25, -0.2) is 0 Å². The van der Waals surface area contributed by atoms with Crippen LogP contribution >= 0.6 is 0 Å². The zero-order valence-corrected chi connectivity index (χ0v) is 10.0. The second-order valence-electron chi connectivity index (χ2n) is 3.59. The van der Waals surface area contributed by atoms with E-state index in [-0.39, 0.29) is 23.8 Å². The Morgan fingerprint density at radius 2 is 1.12 bits per heavy atom. The highest BCUT2D eigenvalue weighted by Gasteiger charge is 2.30. The number of hydrogen-bond acceptors (Lipinski definition) is 4. The first-order valence-corrected chi connectivity index (χ1v) is 5.34. The smallest absolute Gasteiger partial charge is 0.308 e. The highest BCUT2D eigenvalue weighted by molar-refractivity contribution is 5.75. The molecule has 16 heavy (non-hydrogen) atoms. The van der Waals surface area contributed by atoms with E-state index < -0.39 is 0 Å². The minimum atomic E-state index is -0.159. The van der Waals surface area contributed by atoms with Gasteiger partial charge in [-0.05, 0) is 25.7 Å². The Morgan fingerprint density at radius 1 is 0.875 bits per heavy atom. The molecular weight excluding hydrogens is 208 g/mol. The van der Waals surface area contributed by atoms with Crippen LogP contribution in [-0.2, 0) is 19.1 Å². The molecule has 1 aliphatic rings. The molecule has 1 aliphatic carbocycles. The average molecular weight is 228 g/mol. The maximum absolute atomic E-state index is 11.2. The Hall–Kier alpha value is -1.32. The van der Waals surface area contributed by atoms with Crippen LogP contribution in [0.15, 0.2) is 13.2 Å². The van der Waals surface area contributed by atoms with Gasteiger partial charge in [0.2, 0.25) is 0 Å². The fraction of sp³-hybridized carbons (Fsp3) is 0.667. The van der Waals surface area contributed by atoms with E-state index in [0.717, 1.165) is 25.7 Å². The van der Waals surface area contributed by atoms with Gasteiger partial charge in [-0.15, -0.1) is 13.2 Å². The highest BCUT2D eigenvalue weighted by atomic mass is 16.5. The molecule has 0 N–H and O–H groups in total. The molecule has 92 valence electrons. The molecule has 0 aromatic heterocycles. The Balaban J connectivity index is 0.00000106. The summed E-state index contributed by atoms with van der Waals surface area (Å²) in [4.78, 5) is 22.3. The van der Waals surface area contributed by atoms with Crippen molar-refractivity contribution in [2.24, 2.45) is 11.8 Å². The van der Waals surface area contributed by atoms with Crippen molar-refractivity contribution >= 4 is 11.9 Å². The van der Waals surface area contributed by atoms with Crippen LogP contribution in [0.5, 0.6) is 0 Å². The van der Waals surface area contributed by atoms with E-state index in [1.807, 2.05) is 0 Å². The largest absolute Gasteiger partial charge is 0.469 e. The van der Waals surface area contributed by atoms with Gasteiger partial charge in [0, 0.05) is 0 Å². The summed E-state index contributed by atoms with van der Waals surface area (Å²) in [5, 5.41) is 0. The summed E-state index contributed by atoms with van der Waals surface area (Å²) < 4.78 is 9.31. The van der Waals surface area contributed by atoms with Crippen molar-refractivity contribution in [3.63, 3.8) is 0 Å². The van der Waals surface area contributed by atoms with Gasteiger partial charge in [-0.2, -0.15) is 0 Å². The molecule has 0 heterocycles. The summed E-state index contributed by atoms with van der Waals surface area (Å²) in [6.07, 6.45) is 2.91. The first kappa shape index (κ1) is 14.7. The van der Waals surface area contributed by atoms with Crippen molar-refractivity contribution in [2.45, 2.75) is 25.7 Å². The summed E-state index contributed by atoms with van der Waals surface area (Å²) in [7, 11) is 2.80. The first-order valence-electron chi connectivity index (χ1n) is 5.34. The van der Waals surface area contributed by atoms with Crippen LogP contribution < -0.4 is 0 Å². The van der Waals surface area contributed by atoms with Gasteiger partial charge in [0.1, 0.15) is 0 Å². The molecule has 0 atom stereocenters. The normalized spacial score (nSPS) is 23.6. The van der Waals surface area contributed by atoms with Crippen molar-refractivity contribution in [1.29, 1.82) is 0 Å². The van der Waals surface area contributed by atoms with Crippen LogP contribution in [0.25, 0.3) is 0 Å². The molecule has 0 radical (unpaired) electrons. The molecule has 0 spiro atoms. The van der Waals surface area contributed by atoms with Crippen molar-refractivity contribution in [2.75, 3.05) is 14.2 Å². The number of esters is 2. The van der Waals surface area contributed by atoms with Gasteiger partial charge in [0.15, 0.2) is 0 Å². The third-order valence-corrected chi connectivity index (χ3v) is 2.80. The molecule has 0 unspecified atom stereocenters. The summed E-state index contributed by atoms with van der Waals surface area (Å²) >= 11 is 0. The van der Waals surface area contributed by atoms with Crippen molar-refractivity contribution in [3.8, 4) is 0 Å². The second-order valence-corrected chi connectivity index (χ2v) is 3.59. The lowest BCUT2D eigenvalue weighted by atomic mass is 9.82. The van der Waals surface area contributed by atoms with Gasteiger partial charge in [-0.3, -0.25) is 9.59 Å². The van der Waals surface area contributed by atoms with E-state index in [4.69, 9.17) is 0 Å². The van der Waals surface area contributed by atoms with E-state index in [0.29, 0.717) is 0 Å². The number of ether oxygens (including phenoxy) is 2. The van der Waals surface area contributed by atoms with Gasteiger partial charge in [0.05, 0.1) is 26.1 Å². The number of carbonyl (C=O) groups excluding carboxylic acids is 2. The number of methoxy groups -OCH3 is 2. The molecular formula is C12H20O4. The summed E-state index contributed by atoms with van der Waals surface area (Å²) in [5.41, 5.74) is 0. The average Bonchev–Trinajstić information content (AvgIpc) is 2.39. The molecule has 1 saturated carbocycles. The van der Waals surface area contributed by atoms with Gasteiger partial charge >= 0.3 is 11.9 Å². The van der Waals surface area contributed by atoms with Crippen LogP contribution in [0.2, 0.25) is 0 Å². The van der Waals surface area contributed by atoms with Crippen LogP contribution in [0.1, 0.15) is 25.7 Å². The van der Waals surface area contributed by atoms with Crippen molar-refractivity contribution in [1.82, 2.24) is 0 Å². The minimum absolute atomic E-state index is 0.0269. The van der Waals surface area contributed by atoms with E-state index in [1.54, 1.807) is 0 Å².